The third kappa shape index (κ3) is 2.18. The summed E-state index contributed by atoms with van der Waals surface area (Å²) in [6.45, 7) is 2.42. The lowest BCUT2D eigenvalue weighted by molar-refractivity contribution is -0.141. The zero-order chi connectivity index (χ0) is 12.4. The van der Waals surface area contributed by atoms with Gasteiger partial charge in [0.15, 0.2) is 5.76 Å². The molecule has 92 valence electrons. The number of aryl methyl sites for hydroxylation is 1. The van der Waals surface area contributed by atoms with Crippen LogP contribution in [0.1, 0.15) is 36.1 Å². The first-order valence-electron chi connectivity index (χ1n) is 5.76. The minimum Gasteiger partial charge on any atom is -0.480 e. The SMILES string of the molecule is CCc1ccc(C(=O)N2CCCC2C(=O)O)o1. The summed E-state index contributed by atoms with van der Waals surface area (Å²) in [6.07, 6.45) is 1.96. The lowest BCUT2D eigenvalue weighted by Gasteiger charge is -2.19. The molecular weight excluding hydrogens is 222 g/mol. The molecule has 0 aliphatic carbocycles. The van der Waals surface area contributed by atoms with Crippen LogP contribution < -0.4 is 0 Å². The van der Waals surface area contributed by atoms with Gasteiger partial charge in [-0.15, -0.1) is 0 Å². The van der Waals surface area contributed by atoms with Crippen LogP contribution in [0.3, 0.4) is 0 Å². The molecule has 17 heavy (non-hydrogen) atoms. The maximum Gasteiger partial charge on any atom is 0.326 e. The maximum atomic E-state index is 12.1. The fourth-order valence-electron chi connectivity index (χ4n) is 2.09. The van der Waals surface area contributed by atoms with Crippen molar-refractivity contribution in [3.63, 3.8) is 0 Å². The van der Waals surface area contributed by atoms with E-state index in [1.807, 2.05) is 6.92 Å². The Balaban J connectivity index is 2.16. The number of carboxylic acids is 1. The largest absolute Gasteiger partial charge is 0.480 e. The molecule has 0 spiro atoms. The van der Waals surface area contributed by atoms with Crippen molar-refractivity contribution < 1.29 is 19.1 Å². The van der Waals surface area contributed by atoms with Crippen LogP contribution >= 0.6 is 0 Å². The molecule has 1 aliphatic rings. The van der Waals surface area contributed by atoms with E-state index in [2.05, 4.69) is 0 Å². The van der Waals surface area contributed by atoms with Crippen molar-refractivity contribution in [3.8, 4) is 0 Å². The Morgan fingerprint density at radius 2 is 2.29 bits per heavy atom. The number of amides is 1. The van der Waals surface area contributed by atoms with E-state index in [0.29, 0.717) is 13.0 Å². The maximum absolute atomic E-state index is 12.1. The zero-order valence-electron chi connectivity index (χ0n) is 9.68. The van der Waals surface area contributed by atoms with E-state index in [9.17, 15) is 9.59 Å². The van der Waals surface area contributed by atoms with Gasteiger partial charge in [-0.25, -0.2) is 4.79 Å². The molecule has 1 N–H and O–H groups in total. The second kappa shape index (κ2) is 4.61. The summed E-state index contributed by atoms with van der Waals surface area (Å²) < 4.78 is 5.35. The molecule has 0 bridgehead atoms. The fraction of sp³-hybridized carbons (Fsp3) is 0.500. The number of carboxylic acid groups (broad SMARTS) is 1. The zero-order valence-corrected chi connectivity index (χ0v) is 9.68. The highest BCUT2D eigenvalue weighted by Crippen LogP contribution is 2.21. The molecular formula is C12H15NO4. The summed E-state index contributed by atoms with van der Waals surface area (Å²) >= 11 is 0. The Kier molecular flexibility index (Phi) is 3.17. The molecule has 1 saturated heterocycles. The highest BCUT2D eigenvalue weighted by atomic mass is 16.4. The monoisotopic (exact) mass is 237 g/mol. The summed E-state index contributed by atoms with van der Waals surface area (Å²) in [5.41, 5.74) is 0. The normalized spacial score (nSPS) is 19.6. The number of nitrogens with zero attached hydrogens (tertiary/aromatic N) is 1. The Morgan fingerprint density at radius 3 is 2.88 bits per heavy atom. The molecule has 5 nitrogen and oxygen atoms in total. The predicted octanol–water partition coefficient (Wildman–Crippen LogP) is 1.53. The number of aliphatic carboxylic acids is 1. The summed E-state index contributed by atoms with van der Waals surface area (Å²) in [4.78, 5) is 24.4. The van der Waals surface area contributed by atoms with Gasteiger partial charge < -0.3 is 14.4 Å². The van der Waals surface area contributed by atoms with Crippen molar-refractivity contribution in [2.24, 2.45) is 0 Å². The third-order valence-electron chi connectivity index (χ3n) is 3.02. The van der Waals surface area contributed by atoms with E-state index in [1.54, 1.807) is 12.1 Å². The first-order chi connectivity index (χ1) is 8.13. The average Bonchev–Trinajstić information content (AvgIpc) is 2.97. The van der Waals surface area contributed by atoms with Gasteiger partial charge in [-0.3, -0.25) is 4.79 Å². The van der Waals surface area contributed by atoms with E-state index in [-0.39, 0.29) is 11.7 Å². The van der Waals surface area contributed by atoms with Gasteiger partial charge in [0, 0.05) is 13.0 Å². The Labute approximate surface area is 99.0 Å². The van der Waals surface area contributed by atoms with Crippen LogP contribution in [0.4, 0.5) is 0 Å². The second-order valence-corrected chi connectivity index (χ2v) is 4.11. The fourth-order valence-corrected chi connectivity index (χ4v) is 2.09. The standard InChI is InChI=1S/C12H15NO4/c1-2-8-5-6-10(17-8)11(14)13-7-3-4-9(13)12(15)16/h5-6,9H,2-4,7H2,1H3,(H,15,16). The van der Waals surface area contributed by atoms with Gasteiger partial charge in [0.1, 0.15) is 11.8 Å². The van der Waals surface area contributed by atoms with Gasteiger partial charge in [-0.1, -0.05) is 6.92 Å². The van der Waals surface area contributed by atoms with E-state index in [0.717, 1.165) is 18.6 Å². The number of rotatable bonds is 3. The Morgan fingerprint density at radius 1 is 1.53 bits per heavy atom. The Bertz CT molecular complexity index is 437. The molecule has 2 heterocycles. The van der Waals surface area contributed by atoms with Gasteiger partial charge in [-0.05, 0) is 25.0 Å². The van der Waals surface area contributed by atoms with E-state index < -0.39 is 12.0 Å². The number of carbonyl (C=O) groups is 2. The van der Waals surface area contributed by atoms with Crippen molar-refractivity contribution in [1.29, 1.82) is 0 Å². The number of hydrogen-bond acceptors (Lipinski definition) is 3. The van der Waals surface area contributed by atoms with Crippen LogP contribution in [0.5, 0.6) is 0 Å². The van der Waals surface area contributed by atoms with Gasteiger partial charge in [0.05, 0.1) is 0 Å². The molecule has 1 amide bonds. The summed E-state index contributed by atoms with van der Waals surface area (Å²) in [7, 11) is 0. The highest BCUT2D eigenvalue weighted by Gasteiger charge is 2.35. The van der Waals surface area contributed by atoms with Crippen molar-refractivity contribution >= 4 is 11.9 Å². The summed E-state index contributed by atoms with van der Waals surface area (Å²) in [6, 6.07) is 2.65. The van der Waals surface area contributed by atoms with E-state index in [1.165, 1.54) is 4.90 Å². The van der Waals surface area contributed by atoms with E-state index in [4.69, 9.17) is 9.52 Å². The third-order valence-corrected chi connectivity index (χ3v) is 3.02. The van der Waals surface area contributed by atoms with Crippen molar-refractivity contribution in [2.45, 2.75) is 32.2 Å². The minimum atomic E-state index is -0.946. The van der Waals surface area contributed by atoms with Crippen molar-refractivity contribution in [3.05, 3.63) is 23.7 Å². The molecule has 5 heteroatoms. The molecule has 0 saturated carbocycles. The molecule has 1 fully saturated rings. The molecule has 1 aliphatic heterocycles. The topological polar surface area (TPSA) is 70.8 Å². The molecule has 0 aromatic carbocycles. The quantitative estimate of drug-likeness (QED) is 0.865. The molecule has 1 aromatic rings. The van der Waals surface area contributed by atoms with Crippen LogP contribution in [-0.4, -0.2) is 34.5 Å². The van der Waals surface area contributed by atoms with Gasteiger partial charge >= 0.3 is 5.97 Å². The van der Waals surface area contributed by atoms with Crippen molar-refractivity contribution in [2.75, 3.05) is 6.54 Å². The molecule has 2 rings (SSSR count). The highest BCUT2D eigenvalue weighted by molar-refractivity contribution is 5.94. The average molecular weight is 237 g/mol. The molecule has 1 atom stereocenters. The van der Waals surface area contributed by atoms with Crippen LogP contribution in [0.25, 0.3) is 0 Å². The number of hydrogen-bond donors (Lipinski definition) is 1. The lowest BCUT2D eigenvalue weighted by atomic mass is 10.2. The first kappa shape index (κ1) is 11.7. The second-order valence-electron chi connectivity index (χ2n) is 4.11. The molecule has 1 aromatic heterocycles. The van der Waals surface area contributed by atoms with Gasteiger partial charge in [-0.2, -0.15) is 0 Å². The van der Waals surface area contributed by atoms with Crippen LogP contribution in [0.15, 0.2) is 16.5 Å². The predicted molar refractivity (Wildman–Crippen MR) is 59.8 cm³/mol. The van der Waals surface area contributed by atoms with Gasteiger partial charge in [0.25, 0.3) is 5.91 Å². The lowest BCUT2D eigenvalue weighted by Crippen LogP contribution is -2.40. The Hall–Kier alpha value is -1.78. The summed E-state index contributed by atoms with van der Waals surface area (Å²) in [5, 5.41) is 9.01. The van der Waals surface area contributed by atoms with Gasteiger partial charge in [0.2, 0.25) is 0 Å². The smallest absolute Gasteiger partial charge is 0.326 e. The number of carbonyl (C=O) groups excluding carboxylic acids is 1. The van der Waals surface area contributed by atoms with E-state index >= 15 is 0 Å². The number of likely N-dealkylation sites (tertiary alicyclic amines) is 1. The number of furan rings is 1. The minimum absolute atomic E-state index is 0.231. The summed E-state index contributed by atoms with van der Waals surface area (Å²) in [5.74, 6) is -0.304. The van der Waals surface area contributed by atoms with Crippen LogP contribution in [0.2, 0.25) is 0 Å². The van der Waals surface area contributed by atoms with Crippen LogP contribution in [0, 0.1) is 0 Å². The first-order valence-corrected chi connectivity index (χ1v) is 5.76. The van der Waals surface area contributed by atoms with Crippen molar-refractivity contribution in [1.82, 2.24) is 4.90 Å². The molecule has 0 radical (unpaired) electrons. The molecule has 1 unspecified atom stereocenters. The van der Waals surface area contributed by atoms with Crippen LogP contribution in [-0.2, 0) is 11.2 Å².